The van der Waals surface area contributed by atoms with Crippen molar-refractivity contribution in [3.8, 4) is 5.75 Å². The molecule has 1 aromatic carbocycles. The minimum absolute atomic E-state index is 0.0602. The normalized spacial score (nSPS) is 23.4. The lowest BCUT2D eigenvalue weighted by atomic mass is 10.0. The summed E-state index contributed by atoms with van der Waals surface area (Å²) in [5, 5.41) is 2.91. The van der Waals surface area contributed by atoms with Gasteiger partial charge in [0.1, 0.15) is 12.4 Å². The van der Waals surface area contributed by atoms with E-state index in [4.69, 9.17) is 15.2 Å². The number of nitrogens with two attached hydrogens (primary N) is 1. The third-order valence-corrected chi connectivity index (χ3v) is 3.37. The van der Waals surface area contributed by atoms with Gasteiger partial charge < -0.3 is 20.5 Å². The molecule has 3 N–H and O–H groups in total. The first-order chi connectivity index (χ1) is 9.56. The first-order valence-electron chi connectivity index (χ1n) is 6.89. The highest BCUT2D eigenvalue weighted by Gasteiger charge is 2.31. The number of rotatable bonds is 5. The van der Waals surface area contributed by atoms with Gasteiger partial charge in [-0.3, -0.25) is 4.79 Å². The van der Waals surface area contributed by atoms with Crippen molar-refractivity contribution in [2.45, 2.75) is 25.9 Å². The summed E-state index contributed by atoms with van der Waals surface area (Å²) in [4.78, 5) is 12.0. The number of carbonyl (C=O) groups is 1. The molecule has 5 nitrogen and oxygen atoms in total. The molecule has 1 amide bonds. The standard InChI is InChI=1S/C15H22N2O3/c1-10-3-5-12(6-4-10)20-7-11(2)17-15(18)13-8-19-9-14(13)16/h3-6,11,13-14H,7-9,16H2,1-2H3,(H,17,18). The summed E-state index contributed by atoms with van der Waals surface area (Å²) in [6, 6.07) is 7.55. The van der Waals surface area contributed by atoms with E-state index in [1.54, 1.807) is 0 Å². The number of benzene rings is 1. The highest BCUT2D eigenvalue weighted by molar-refractivity contribution is 5.80. The molecule has 0 aliphatic carbocycles. The largest absolute Gasteiger partial charge is 0.491 e. The molecule has 110 valence electrons. The molecule has 1 aliphatic heterocycles. The molecule has 0 radical (unpaired) electrons. The van der Waals surface area contributed by atoms with Crippen LogP contribution in [0.15, 0.2) is 24.3 Å². The Morgan fingerprint density at radius 3 is 2.75 bits per heavy atom. The Bertz CT molecular complexity index is 447. The zero-order valence-corrected chi connectivity index (χ0v) is 12.0. The molecule has 1 heterocycles. The predicted octanol–water partition coefficient (Wildman–Crippen LogP) is 0.852. The predicted molar refractivity (Wildman–Crippen MR) is 76.6 cm³/mol. The van der Waals surface area contributed by atoms with E-state index < -0.39 is 0 Å². The smallest absolute Gasteiger partial charge is 0.227 e. The van der Waals surface area contributed by atoms with Gasteiger partial charge in [-0.05, 0) is 26.0 Å². The molecule has 5 heteroatoms. The molecule has 0 aromatic heterocycles. The summed E-state index contributed by atoms with van der Waals surface area (Å²) in [7, 11) is 0. The van der Waals surface area contributed by atoms with Gasteiger partial charge >= 0.3 is 0 Å². The van der Waals surface area contributed by atoms with Gasteiger partial charge in [0.2, 0.25) is 5.91 Å². The maximum Gasteiger partial charge on any atom is 0.227 e. The van der Waals surface area contributed by atoms with Gasteiger partial charge in [-0.1, -0.05) is 17.7 Å². The summed E-state index contributed by atoms with van der Waals surface area (Å²) in [6.45, 7) is 5.22. The molecule has 2 rings (SSSR count). The number of hydrogen-bond acceptors (Lipinski definition) is 4. The van der Waals surface area contributed by atoms with E-state index in [1.165, 1.54) is 5.56 Å². The van der Waals surface area contributed by atoms with Crippen LogP contribution in [-0.4, -0.2) is 37.8 Å². The number of amides is 1. The van der Waals surface area contributed by atoms with E-state index in [2.05, 4.69) is 5.32 Å². The first-order valence-corrected chi connectivity index (χ1v) is 6.89. The molecular formula is C15H22N2O3. The highest BCUT2D eigenvalue weighted by atomic mass is 16.5. The van der Waals surface area contributed by atoms with Crippen LogP contribution in [0.3, 0.4) is 0 Å². The molecule has 1 aromatic rings. The van der Waals surface area contributed by atoms with Gasteiger partial charge in [0, 0.05) is 6.04 Å². The van der Waals surface area contributed by atoms with Gasteiger partial charge in [0.25, 0.3) is 0 Å². The Balaban J connectivity index is 1.76. The second-order valence-corrected chi connectivity index (χ2v) is 5.34. The third kappa shape index (κ3) is 3.95. The van der Waals surface area contributed by atoms with Crippen LogP contribution in [0.25, 0.3) is 0 Å². The van der Waals surface area contributed by atoms with Crippen LogP contribution in [0.4, 0.5) is 0 Å². The fraction of sp³-hybridized carbons (Fsp3) is 0.533. The van der Waals surface area contributed by atoms with Gasteiger partial charge in [-0.15, -0.1) is 0 Å². The summed E-state index contributed by atoms with van der Waals surface area (Å²) in [5.74, 6) is 0.490. The van der Waals surface area contributed by atoms with Crippen LogP contribution in [0.2, 0.25) is 0 Å². The van der Waals surface area contributed by atoms with Crippen LogP contribution < -0.4 is 15.8 Å². The van der Waals surface area contributed by atoms with Crippen LogP contribution in [0, 0.1) is 12.8 Å². The topological polar surface area (TPSA) is 73.6 Å². The molecule has 1 fully saturated rings. The zero-order valence-electron chi connectivity index (χ0n) is 12.0. The van der Waals surface area contributed by atoms with E-state index in [-0.39, 0.29) is 23.9 Å². The van der Waals surface area contributed by atoms with Crippen LogP contribution >= 0.6 is 0 Å². The van der Waals surface area contributed by atoms with Gasteiger partial charge in [-0.25, -0.2) is 0 Å². The van der Waals surface area contributed by atoms with Crippen LogP contribution in [0.5, 0.6) is 5.75 Å². The molecule has 1 saturated heterocycles. The lowest BCUT2D eigenvalue weighted by Crippen LogP contribution is -2.45. The fourth-order valence-corrected chi connectivity index (χ4v) is 2.09. The number of ether oxygens (including phenoxy) is 2. The summed E-state index contributed by atoms with van der Waals surface area (Å²) < 4.78 is 10.8. The number of carbonyl (C=O) groups excluding carboxylic acids is 1. The third-order valence-electron chi connectivity index (χ3n) is 3.37. The van der Waals surface area contributed by atoms with Gasteiger partial charge in [0.05, 0.1) is 25.2 Å². The summed E-state index contributed by atoms with van der Waals surface area (Å²) in [6.07, 6.45) is 0. The van der Waals surface area contributed by atoms with Crippen molar-refractivity contribution in [2.24, 2.45) is 11.7 Å². The Labute approximate surface area is 119 Å². The molecular weight excluding hydrogens is 256 g/mol. The Hall–Kier alpha value is -1.59. The monoisotopic (exact) mass is 278 g/mol. The van der Waals surface area contributed by atoms with Crippen molar-refractivity contribution in [1.82, 2.24) is 5.32 Å². The maximum absolute atomic E-state index is 12.0. The fourth-order valence-electron chi connectivity index (χ4n) is 2.09. The lowest BCUT2D eigenvalue weighted by Gasteiger charge is -2.19. The average Bonchev–Trinajstić information content (AvgIpc) is 2.84. The van der Waals surface area contributed by atoms with Crippen molar-refractivity contribution in [3.63, 3.8) is 0 Å². The molecule has 1 aliphatic rings. The van der Waals surface area contributed by atoms with E-state index in [9.17, 15) is 4.79 Å². The van der Waals surface area contributed by atoms with Crippen molar-refractivity contribution in [3.05, 3.63) is 29.8 Å². The van der Waals surface area contributed by atoms with Crippen LogP contribution in [0.1, 0.15) is 12.5 Å². The van der Waals surface area contributed by atoms with Crippen molar-refractivity contribution in [2.75, 3.05) is 19.8 Å². The minimum Gasteiger partial charge on any atom is -0.491 e. The number of hydrogen-bond donors (Lipinski definition) is 2. The van der Waals surface area contributed by atoms with E-state index in [0.29, 0.717) is 19.8 Å². The lowest BCUT2D eigenvalue weighted by molar-refractivity contribution is -0.126. The Morgan fingerprint density at radius 2 is 2.15 bits per heavy atom. The molecule has 3 unspecified atom stereocenters. The van der Waals surface area contributed by atoms with Crippen molar-refractivity contribution in [1.29, 1.82) is 0 Å². The first kappa shape index (κ1) is 14.8. The molecule has 0 spiro atoms. The molecule has 0 saturated carbocycles. The van der Waals surface area contributed by atoms with Gasteiger partial charge in [0.15, 0.2) is 0 Å². The summed E-state index contributed by atoms with van der Waals surface area (Å²) >= 11 is 0. The molecule has 20 heavy (non-hydrogen) atoms. The molecule has 0 bridgehead atoms. The maximum atomic E-state index is 12.0. The highest BCUT2D eigenvalue weighted by Crippen LogP contribution is 2.13. The van der Waals surface area contributed by atoms with Crippen molar-refractivity contribution < 1.29 is 14.3 Å². The average molecular weight is 278 g/mol. The second-order valence-electron chi connectivity index (χ2n) is 5.34. The SMILES string of the molecule is Cc1ccc(OCC(C)NC(=O)C2COCC2N)cc1. The van der Waals surface area contributed by atoms with E-state index >= 15 is 0 Å². The van der Waals surface area contributed by atoms with E-state index in [0.717, 1.165) is 5.75 Å². The number of aryl methyl sites for hydroxylation is 1. The summed E-state index contributed by atoms with van der Waals surface area (Å²) in [5.41, 5.74) is 7.01. The number of nitrogens with one attached hydrogen (secondary N) is 1. The molecule has 3 atom stereocenters. The second kappa shape index (κ2) is 6.72. The quantitative estimate of drug-likeness (QED) is 0.837. The van der Waals surface area contributed by atoms with Crippen LogP contribution in [-0.2, 0) is 9.53 Å². The zero-order chi connectivity index (χ0) is 14.5. The minimum atomic E-state index is -0.253. The van der Waals surface area contributed by atoms with E-state index in [1.807, 2.05) is 38.1 Å². The van der Waals surface area contributed by atoms with Gasteiger partial charge in [-0.2, -0.15) is 0 Å². The van der Waals surface area contributed by atoms with Crippen molar-refractivity contribution >= 4 is 5.91 Å². The Morgan fingerprint density at radius 1 is 1.45 bits per heavy atom. The Kier molecular flexibility index (Phi) is 4.98.